The molecule has 0 aliphatic heterocycles. The fourth-order valence-electron chi connectivity index (χ4n) is 1.23. The molecule has 80 valence electrons. The molecule has 0 unspecified atom stereocenters. The first-order valence-corrected chi connectivity index (χ1v) is 4.68. The Hall–Kier alpha value is -2.36. The molecule has 0 aliphatic carbocycles. The number of rotatable bonds is 3. The molecule has 1 aromatic carbocycles. The smallest absolute Gasteiger partial charge is 0.328 e. The number of aliphatic carboxylic acids is 1. The molecule has 0 aliphatic rings. The van der Waals surface area contributed by atoms with Crippen LogP contribution in [0.4, 0.5) is 0 Å². The number of hydrogen-bond acceptors (Lipinski definition) is 3. The molecule has 0 fully saturated rings. The summed E-state index contributed by atoms with van der Waals surface area (Å²) in [5, 5.41) is 8.45. The van der Waals surface area contributed by atoms with Gasteiger partial charge in [0.2, 0.25) is 5.89 Å². The molecule has 0 saturated heterocycles. The molecule has 0 saturated carbocycles. The van der Waals surface area contributed by atoms with E-state index in [0.717, 1.165) is 11.6 Å². The lowest BCUT2D eigenvalue weighted by Crippen LogP contribution is -1.84. The topological polar surface area (TPSA) is 63.3 Å². The highest BCUT2D eigenvalue weighted by Gasteiger charge is 2.03. The van der Waals surface area contributed by atoms with Gasteiger partial charge < -0.3 is 9.52 Å². The van der Waals surface area contributed by atoms with Gasteiger partial charge in [0.1, 0.15) is 5.76 Å². The number of benzene rings is 1. The molecular weight excluding hydrogens is 206 g/mol. The normalized spacial score (nSPS) is 10.8. The number of oxazole rings is 1. The number of carboxylic acids is 1. The fourth-order valence-corrected chi connectivity index (χ4v) is 1.23. The van der Waals surface area contributed by atoms with Gasteiger partial charge in [0, 0.05) is 11.6 Å². The second-order valence-corrected chi connectivity index (χ2v) is 3.11. The van der Waals surface area contributed by atoms with Crippen molar-refractivity contribution in [3.63, 3.8) is 0 Å². The lowest BCUT2D eigenvalue weighted by Gasteiger charge is -1.92. The maximum Gasteiger partial charge on any atom is 0.328 e. The van der Waals surface area contributed by atoms with Crippen LogP contribution in [0, 0.1) is 0 Å². The number of carbonyl (C=O) groups is 1. The van der Waals surface area contributed by atoms with Gasteiger partial charge in [-0.2, -0.15) is 0 Å². The number of aromatic nitrogens is 1. The quantitative estimate of drug-likeness (QED) is 0.798. The van der Waals surface area contributed by atoms with Crippen molar-refractivity contribution in [2.75, 3.05) is 0 Å². The van der Waals surface area contributed by atoms with Crippen molar-refractivity contribution in [3.05, 3.63) is 48.4 Å². The Morgan fingerprint density at radius 3 is 2.75 bits per heavy atom. The van der Waals surface area contributed by atoms with Crippen LogP contribution in [0.2, 0.25) is 0 Å². The summed E-state index contributed by atoms with van der Waals surface area (Å²) in [6.45, 7) is 0. The van der Waals surface area contributed by atoms with Gasteiger partial charge in [0.15, 0.2) is 0 Å². The molecular formula is C12H9NO3. The van der Waals surface area contributed by atoms with Crippen LogP contribution < -0.4 is 0 Å². The van der Waals surface area contributed by atoms with Crippen LogP contribution in [0.3, 0.4) is 0 Å². The molecule has 1 heterocycles. The summed E-state index contributed by atoms with van der Waals surface area (Å²) in [4.78, 5) is 14.4. The zero-order valence-electron chi connectivity index (χ0n) is 8.33. The van der Waals surface area contributed by atoms with Crippen molar-refractivity contribution in [3.8, 4) is 11.5 Å². The molecule has 0 bridgehead atoms. The Morgan fingerprint density at radius 2 is 2.06 bits per heavy atom. The molecule has 2 rings (SSSR count). The van der Waals surface area contributed by atoms with Crippen LogP contribution >= 0.6 is 0 Å². The van der Waals surface area contributed by atoms with Gasteiger partial charge in [-0.1, -0.05) is 18.2 Å². The van der Waals surface area contributed by atoms with Gasteiger partial charge in [-0.3, -0.25) is 0 Å². The van der Waals surface area contributed by atoms with Crippen molar-refractivity contribution < 1.29 is 14.3 Å². The Bertz CT molecular complexity index is 514. The Labute approximate surface area is 91.9 Å². The van der Waals surface area contributed by atoms with E-state index in [4.69, 9.17) is 9.52 Å². The largest absolute Gasteiger partial charge is 0.478 e. The SMILES string of the molecule is O=C(O)/C=C/c1cnc(-c2ccccc2)o1. The van der Waals surface area contributed by atoms with Crippen LogP contribution in [-0.2, 0) is 4.79 Å². The van der Waals surface area contributed by atoms with Gasteiger partial charge in [-0.05, 0) is 18.2 Å². The second-order valence-electron chi connectivity index (χ2n) is 3.11. The lowest BCUT2D eigenvalue weighted by molar-refractivity contribution is -0.131. The summed E-state index contributed by atoms with van der Waals surface area (Å²) >= 11 is 0. The first kappa shape index (κ1) is 10.2. The average Bonchev–Trinajstić information content (AvgIpc) is 2.76. The van der Waals surface area contributed by atoms with Gasteiger partial charge in [-0.25, -0.2) is 9.78 Å². The summed E-state index contributed by atoms with van der Waals surface area (Å²) in [6, 6.07) is 9.41. The molecule has 1 aromatic heterocycles. The molecule has 0 amide bonds. The summed E-state index contributed by atoms with van der Waals surface area (Å²) in [6.07, 6.45) is 3.86. The van der Waals surface area contributed by atoms with Gasteiger partial charge >= 0.3 is 5.97 Å². The van der Waals surface area contributed by atoms with Gasteiger partial charge in [0.25, 0.3) is 0 Å². The van der Waals surface area contributed by atoms with E-state index in [9.17, 15) is 4.79 Å². The molecule has 4 nitrogen and oxygen atoms in total. The third kappa shape index (κ3) is 2.36. The van der Waals surface area contributed by atoms with E-state index in [-0.39, 0.29) is 0 Å². The third-order valence-electron chi connectivity index (χ3n) is 1.93. The van der Waals surface area contributed by atoms with E-state index in [2.05, 4.69) is 4.98 Å². The Balaban J connectivity index is 2.23. The lowest BCUT2D eigenvalue weighted by atomic mass is 10.2. The first-order chi connectivity index (χ1) is 7.75. The molecule has 0 spiro atoms. The van der Waals surface area contributed by atoms with Crippen molar-refractivity contribution >= 4 is 12.0 Å². The monoisotopic (exact) mass is 215 g/mol. The Kier molecular flexibility index (Phi) is 2.82. The Morgan fingerprint density at radius 1 is 1.31 bits per heavy atom. The second kappa shape index (κ2) is 4.44. The van der Waals surface area contributed by atoms with Crippen molar-refractivity contribution in [2.24, 2.45) is 0 Å². The van der Waals surface area contributed by atoms with Crippen LogP contribution in [0.5, 0.6) is 0 Å². The molecule has 0 radical (unpaired) electrons. The summed E-state index contributed by atoms with van der Waals surface area (Å²) < 4.78 is 5.36. The summed E-state index contributed by atoms with van der Waals surface area (Å²) in [7, 11) is 0. The van der Waals surface area contributed by atoms with Crippen molar-refractivity contribution in [2.45, 2.75) is 0 Å². The average molecular weight is 215 g/mol. The minimum atomic E-state index is -1.02. The van der Waals surface area contributed by atoms with E-state index < -0.39 is 5.97 Å². The predicted octanol–water partition coefficient (Wildman–Crippen LogP) is 2.44. The number of nitrogens with zero attached hydrogens (tertiary/aromatic N) is 1. The van der Waals surface area contributed by atoms with Crippen molar-refractivity contribution in [1.29, 1.82) is 0 Å². The maximum atomic E-state index is 10.3. The minimum absolute atomic E-state index is 0.418. The zero-order valence-corrected chi connectivity index (χ0v) is 8.33. The van der Waals surface area contributed by atoms with E-state index >= 15 is 0 Å². The highest BCUT2D eigenvalue weighted by atomic mass is 16.4. The molecule has 1 N–H and O–H groups in total. The molecule has 16 heavy (non-hydrogen) atoms. The van der Waals surface area contributed by atoms with Crippen molar-refractivity contribution in [1.82, 2.24) is 4.98 Å². The van der Waals surface area contributed by atoms with E-state index in [0.29, 0.717) is 11.7 Å². The summed E-state index contributed by atoms with van der Waals surface area (Å²) in [5.41, 5.74) is 0.859. The standard InChI is InChI=1S/C12H9NO3/c14-11(15)7-6-10-8-13-12(16-10)9-4-2-1-3-5-9/h1-8H,(H,14,15)/b7-6+. The van der Waals surface area contributed by atoms with Crippen LogP contribution in [0.1, 0.15) is 5.76 Å². The van der Waals surface area contributed by atoms with Gasteiger partial charge in [0.05, 0.1) is 6.20 Å². The third-order valence-corrected chi connectivity index (χ3v) is 1.93. The molecule has 0 atom stereocenters. The highest BCUT2D eigenvalue weighted by Crippen LogP contribution is 2.18. The van der Waals surface area contributed by atoms with Crippen LogP contribution in [0.25, 0.3) is 17.5 Å². The predicted molar refractivity (Wildman–Crippen MR) is 58.6 cm³/mol. The van der Waals surface area contributed by atoms with E-state index in [1.807, 2.05) is 30.3 Å². The molecule has 2 aromatic rings. The first-order valence-electron chi connectivity index (χ1n) is 4.68. The highest BCUT2D eigenvalue weighted by molar-refractivity contribution is 5.84. The number of carboxylic acid groups (broad SMARTS) is 1. The fraction of sp³-hybridized carbons (Fsp3) is 0. The number of hydrogen-bond donors (Lipinski definition) is 1. The van der Waals surface area contributed by atoms with Crippen LogP contribution in [-0.4, -0.2) is 16.1 Å². The minimum Gasteiger partial charge on any atom is -0.478 e. The molecule has 4 heteroatoms. The summed E-state index contributed by atoms with van der Waals surface area (Å²) in [5.74, 6) is -0.121. The van der Waals surface area contributed by atoms with Gasteiger partial charge in [-0.15, -0.1) is 0 Å². The van der Waals surface area contributed by atoms with Crippen LogP contribution in [0.15, 0.2) is 47.0 Å². The zero-order chi connectivity index (χ0) is 11.4. The maximum absolute atomic E-state index is 10.3. The van der Waals surface area contributed by atoms with E-state index in [1.165, 1.54) is 12.3 Å². The van der Waals surface area contributed by atoms with E-state index in [1.54, 1.807) is 0 Å².